The normalized spacial score (nSPS) is 12.3. The molecule has 0 aliphatic carbocycles. The lowest BCUT2D eigenvalue weighted by atomic mass is 10.1. The lowest BCUT2D eigenvalue weighted by Crippen LogP contribution is -2.26. The van der Waals surface area contributed by atoms with Gasteiger partial charge in [-0.2, -0.15) is 0 Å². The minimum atomic E-state index is -0.972. The van der Waals surface area contributed by atoms with Gasteiger partial charge >= 0.3 is 5.97 Å². The molecule has 0 aliphatic rings. The molecule has 7 nitrogen and oxygen atoms in total. The van der Waals surface area contributed by atoms with Crippen LogP contribution in [-0.4, -0.2) is 49.8 Å². The molecule has 29 heavy (non-hydrogen) atoms. The maximum absolute atomic E-state index is 11.2. The van der Waals surface area contributed by atoms with E-state index in [-0.39, 0.29) is 6.61 Å². The summed E-state index contributed by atoms with van der Waals surface area (Å²) < 4.78 is 16.5. The Morgan fingerprint density at radius 1 is 1.07 bits per heavy atom. The minimum Gasteiger partial charge on any atom is -0.496 e. The predicted molar refractivity (Wildman–Crippen MR) is 110 cm³/mol. The van der Waals surface area contributed by atoms with Crippen LogP contribution in [0.15, 0.2) is 53.7 Å². The van der Waals surface area contributed by atoms with E-state index in [0.717, 1.165) is 11.1 Å². The Hall–Kier alpha value is -3.06. The number of nitrogens with zero attached hydrogens (tertiary/aromatic N) is 1. The Kier molecular flexibility index (Phi) is 8.98. The van der Waals surface area contributed by atoms with Crippen LogP contribution in [0.3, 0.4) is 0 Å². The number of para-hydroxylation sites is 1. The van der Waals surface area contributed by atoms with Crippen molar-refractivity contribution in [2.24, 2.45) is 5.16 Å². The van der Waals surface area contributed by atoms with Crippen LogP contribution >= 0.6 is 0 Å². The van der Waals surface area contributed by atoms with E-state index >= 15 is 0 Å². The van der Waals surface area contributed by atoms with E-state index < -0.39 is 12.1 Å². The highest BCUT2D eigenvalue weighted by molar-refractivity contribution is 6.03. The van der Waals surface area contributed by atoms with Crippen molar-refractivity contribution in [3.63, 3.8) is 0 Å². The number of methoxy groups -OCH3 is 1. The second-order valence-electron chi connectivity index (χ2n) is 6.08. The number of carboxylic acids is 1. The Labute approximate surface area is 170 Å². The van der Waals surface area contributed by atoms with Crippen LogP contribution in [0.2, 0.25) is 0 Å². The Morgan fingerprint density at radius 2 is 1.79 bits per heavy atom. The molecule has 2 rings (SSSR count). The molecule has 0 radical (unpaired) electrons. The summed E-state index contributed by atoms with van der Waals surface area (Å²) in [4.78, 5) is 16.5. The predicted octanol–water partition coefficient (Wildman–Crippen LogP) is 3.55. The zero-order valence-corrected chi connectivity index (χ0v) is 17.0. The van der Waals surface area contributed by atoms with Crippen molar-refractivity contribution in [1.29, 1.82) is 0 Å². The van der Waals surface area contributed by atoms with Crippen molar-refractivity contribution >= 4 is 11.7 Å². The van der Waals surface area contributed by atoms with Gasteiger partial charge in [-0.05, 0) is 43.7 Å². The molecule has 0 fully saturated rings. The van der Waals surface area contributed by atoms with Crippen LogP contribution in [0.25, 0.3) is 0 Å². The smallest absolute Gasteiger partial charge is 0.333 e. The molecule has 0 aromatic heterocycles. The minimum absolute atomic E-state index is 0.191. The van der Waals surface area contributed by atoms with Crippen molar-refractivity contribution in [2.75, 3.05) is 26.9 Å². The second-order valence-corrected chi connectivity index (χ2v) is 6.08. The number of carbonyl (C=O) groups is 1. The Balaban J connectivity index is 2.07. The van der Waals surface area contributed by atoms with Crippen LogP contribution in [-0.2, 0) is 20.8 Å². The topological polar surface area (TPSA) is 86.6 Å². The largest absolute Gasteiger partial charge is 0.496 e. The highest BCUT2D eigenvalue weighted by Gasteiger charge is 2.18. The molecule has 2 aromatic carbocycles. The highest BCUT2D eigenvalue weighted by Crippen LogP contribution is 2.20. The summed E-state index contributed by atoms with van der Waals surface area (Å²) in [7, 11) is 1.60. The van der Waals surface area contributed by atoms with Gasteiger partial charge in [-0.25, -0.2) is 4.79 Å². The molecule has 0 saturated carbocycles. The zero-order chi connectivity index (χ0) is 21.1. The van der Waals surface area contributed by atoms with Crippen molar-refractivity contribution in [3.8, 4) is 11.5 Å². The number of hydrogen-bond donors (Lipinski definition) is 1. The molecule has 7 heteroatoms. The van der Waals surface area contributed by atoms with Gasteiger partial charge in [0.05, 0.1) is 7.11 Å². The molecule has 0 saturated heterocycles. The van der Waals surface area contributed by atoms with E-state index in [1.165, 1.54) is 0 Å². The monoisotopic (exact) mass is 401 g/mol. The van der Waals surface area contributed by atoms with Gasteiger partial charge in [-0.15, -0.1) is 0 Å². The van der Waals surface area contributed by atoms with E-state index in [0.29, 0.717) is 36.8 Å². The summed E-state index contributed by atoms with van der Waals surface area (Å²) in [5.74, 6) is 0.345. The Bertz CT molecular complexity index is 803. The number of aliphatic carboxylic acids is 1. The molecule has 0 spiro atoms. The van der Waals surface area contributed by atoms with Crippen LogP contribution in [0.4, 0.5) is 0 Å². The fourth-order valence-electron chi connectivity index (χ4n) is 2.69. The maximum atomic E-state index is 11.2. The highest BCUT2D eigenvalue weighted by atomic mass is 16.6. The van der Waals surface area contributed by atoms with Gasteiger partial charge in [0.2, 0.25) is 0 Å². The molecule has 2 aromatic rings. The van der Waals surface area contributed by atoms with Crippen molar-refractivity contribution in [2.45, 2.75) is 26.4 Å². The number of ether oxygens (including phenoxy) is 3. The van der Waals surface area contributed by atoms with Gasteiger partial charge in [0.25, 0.3) is 0 Å². The zero-order valence-electron chi connectivity index (χ0n) is 17.0. The third-order valence-electron chi connectivity index (χ3n) is 4.09. The van der Waals surface area contributed by atoms with Gasteiger partial charge < -0.3 is 24.2 Å². The first kappa shape index (κ1) is 22.2. The molecule has 0 amide bonds. The SMILES string of the molecule is CCO/N=C(\COc1ccc(CC(OCC)C(=O)O)cc1)c1ccccc1OC. The average molecular weight is 401 g/mol. The summed E-state index contributed by atoms with van der Waals surface area (Å²) in [5.41, 5.74) is 2.25. The number of rotatable bonds is 12. The molecule has 0 bridgehead atoms. The maximum Gasteiger partial charge on any atom is 0.333 e. The molecular weight excluding hydrogens is 374 g/mol. The first-order valence-corrected chi connectivity index (χ1v) is 9.47. The van der Waals surface area contributed by atoms with Crippen LogP contribution in [0.5, 0.6) is 11.5 Å². The van der Waals surface area contributed by atoms with E-state index in [4.69, 9.17) is 19.0 Å². The van der Waals surface area contributed by atoms with Gasteiger partial charge in [0, 0.05) is 18.6 Å². The number of hydrogen-bond acceptors (Lipinski definition) is 6. The third-order valence-corrected chi connectivity index (χ3v) is 4.09. The van der Waals surface area contributed by atoms with Gasteiger partial charge in [-0.3, -0.25) is 0 Å². The summed E-state index contributed by atoms with van der Waals surface area (Å²) in [6.07, 6.45) is -0.566. The van der Waals surface area contributed by atoms with E-state index in [9.17, 15) is 9.90 Å². The van der Waals surface area contributed by atoms with E-state index in [1.807, 2.05) is 43.3 Å². The second kappa shape index (κ2) is 11.7. The van der Waals surface area contributed by atoms with Crippen LogP contribution in [0.1, 0.15) is 25.0 Å². The molecule has 0 aliphatic heterocycles. The molecule has 1 N–H and O–H groups in total. The van der Waals surface area contributed by atoms with Gasteiger partial charge in [-0.1, -0.05) is 29.4 Å². The number of carboxylic acid groups (broad SMARTS) is 1. The van der Waals surface area contributed by atoms with E-state index in [2.05, 4.69) is 5.16 Å². The quantitative estimate of drug-likeness (QED) is 0.432. The van der Waals surface area contributed by atoms with Crippen molar-refractivity contribution < 1.29 is 28.9 Å². The lowest BCUT2D eigenvalue weighted by molar-refractivity contribution is -0.149. The number of benzene rings is 2. The van der Waals surface area contributed by atoms with Gasteiger partial charge in [0.15, 0.2) is 6.10 Å². The summed E-state index contributed by atoms with van der Waals surface area (Å²) in [5, 5.41) is 13.4. The molecule has 156 valence electrons. The molecule has 1 atom stereocenters. The third kappa shape index (κ3) is 6.80. The molecule has 0 heterocycles. The van der Waals surface area contributed by atoms with Crippen LogP contribution in [0, 0.1) is 0 Å². The van der Waals surface area contributed by atoms with Crippen LogP contribution < -0.4 is 9.47 Å². The fraction of sp³-hybridized carbons (Fsp3) is 0.364. The average Bonchev–Trinajstić information content (AvgIpc) is 2.74. The molecule has 1 unspecified atom stereocenters. The number of oxime groups is 1. The summed E-state index contributed by atoms with van der Waals surface area (Å²) in [6.45, 7) is 4.61. The fourth-order valence-corrected chi connectivity index (χ4v) is 2.69. The first-order valence-electron chi connectivity index (χ1n) is 9.47. The molecular formula is C22H27NO6. The van der Waals surface area contributed by atoms with Crippen molar-refractivity contribution in [1.82, 2.24) is 0 Å². The Morgan fingerprint density at radius 3 is 2.41 bits per heavy atom. The lowest BCUT2D eigenvalue weighted by Gasteiger charge is -2.14. The van der Waals surface area contributed by atoms with Crippen molar-refractivity contribution in [3.05, 3.63) is 59.7 Å². The van der Waals surface area contributed by atoms with Gasteiger partial charge in [0.1, 0.15) is 30.4 Å². The summed E-state index contributed by atoms with van der Waals surface area (Å²) in [6, 6.07) is 14.8. The van der Waals surface area contributed by atoms with E-state index in [1.54, 1.807) is 26.2 Å². The summed E-state index contributed by atoms with van der Waals surface area (Å²) >= 11 is 0. The first-order chi connectivity index (χ1) is 14.1. The standard InChI is InChI=1S/C22H27NO6/c1-4-27-21(22(24)25)14-16-10-12-17(13-11-16)28-15-19(23-29-5-2)18-8-6-7-9-20(18)26-3/h6-13,21H,4-5,14-15H2,1-3H3,(H,24,25)/b23-19+.